The average Bonchev–Trinajstić information content (AvgIpc) is 2.47. The Bertz CT molecular complexity index is 289. The lowest BCUT2D eigenvalue weighted by Gasteiger charge is -2.25. The van der Waals surface area contributed by atoms with E-state index in [1.165, 1.54) is 64.2 Å². The van der Waals surface area contributed by atoms with Gasteiger partial charge in [-0.3, -0.25) is 0 Å². The number of hydrogen-bond acceptors (Lipinski definition) is 2. The Labute approximate surface area is 117 Å². The standard InChI is InChI=1S/C16H28N2O/c1-2-13-19-16(17-14-9-5-3-6-10-14)18-15-11-7-4-8-12-15/h2,14-15H,1,3-13H2,(H,17,18). The van der Waals surface area contributed by atoms with Crippen LogP contribution in [0.4, 0.5) is 0 Å². The van der Waals surface area contributed by atoms with E-state index in [2.05, 4.69) is 11.9 Å². The highest BCUT2D eigenvalue weighted by Gasteiger charge is 2.18. The molecule has 0 aromatic rings. The third-order valence-corrected chi connectivity index (χ3v) is 4.15. The van der Waals surface area contributed by atoms with Crippen LogP contribution in [-0.2, 0) is 4.74 Å². The van der Waals surface area contributed by atoms with Gasteiger partial charge in [0, 0.05) is 6.04 Å². The third kappa shape index (κ3) is 5.25. The highest BCUT2D eigenvalue weighted by molar-refractivity contribution is 5.74. The van der Waals surface area contributed by atoms with Gasteiger partial charge in [-0.2, -0.15) is 0 Å². The first-order chi connectivity index (χ1) is 9.38. The molecule has 0 unspecified atom stereocenters. The summed E-state index contributed by atoms with van der Waals surface area (Å²) in [7, 11) is 0. The van der Waals surface area contributed by atoms with Crippen LogP contribution in [0, 0.1) is 0 Å². The van der Waals surface area contributed by atoms with E-state index in [9.17, 15) is 0 Å². The summed E-state index contributed by atoms with van der Waals surface area (Å²) in [5, 5.41) is 3.52. The van der Waals surface area contributed by atoms with Gasteiger partial charge in [0.2, 0.25) is 0 Å². The Morgan fingerprint density at radius 2 is 1.68 bits per heavy atom. The highest BCUT2D eigenvalue weighted by Crippen LogP contribution is 2.21. The number of rotatable bonds is 4. The number of nitrogens with one attached hydrogen (secondary N) is 1. The van der Waals surface area contributed by atoms with Gasteiger partial charge in [0.15, 0.2) is 0 Å². The zero-order valence-electron chi connectivity index (χ0n) is 12.1. The molecule has 0 aromatic carbocycles. The van der Waals surface area contributed by atoms with Gasteiger partial charge in [-0.15, -0.1) is 0 Å². The minimum absolute atomic E-state index is 0.463. The van der Waals surface area contributed by atoms with Crippen LogP contribution >= 0.6 is 0 Å². The van der Waals surface area contributed by atoms with Gasteiger partial charge in [-0.05, 0) is 25.7 Å². The molecule has 0 aromatic heterocycles. The molecular weight excluding hydrogens is 236 g/mol. The van der Waals surface area contributed by atoms with Gasteiger partial charge in [-0.25, -0.2) is 4.99 Å². The maximum atomic E-state index is 5.72. The zero-order chi connectivity index (χ0) is 13.3. The van der Waals surface area contributed by atoms with E-state index in [0.29, 0.717) is 18.7 Å². The molecule has 3 heteroatoms. The number of hydrogen-bond donors (Lipinski definition) is 1. The summed E-state index contributed by atoms with van der Waals surface area (Å²) in [6.07, 6.45) is 14.7. The molecule has 0 atom stereocenters. The van der Waals surface area contributed by atoms with Crippen molar-refractivity contribution in [2.75, 3.05) is 6.61 Å². The molecule has 2 fully saturated rings. The van der Waals surface area contributed by atoms with Crippen molar-refractivity contribution < 1.29 is 4.74 Å². The molecule has 2 saturated carbocycles. The molecule has 0 radical (unpaired) electrons. The van der Waals surface area contributed by atoms with Gasteiger partial charge >= 0.3 is 0 Å². The summed E-state index contributed by atoms with van der Waals surface area (Å²) in [6.45, 7) is 4.27. The van der Waals surface area contributed by atoms with E-state index < -0.39 is 0 Å². The Hall–Kier alpha value is -0.990. The van der Waals surface area contributed by atoms with E-state index in [-0.39, 0.29) is 0 Å². The number of amidine groups is 1. The normalized spacial score (nSPS) is 23.1. The zero-order valence-corrected chi connectivity index (χ0v) is 12.1. The summed E-state index contributed by atoms with van der Waals surface area (Å²) >= 11 is 0. The van der Waals surface area contributed by atoms with Gasteiger partial charge < -0.3 is 10.1 Å². The lowest BCUT2D eigenvalue weighted by atomic mass is 9.95. The first kappa shape index (κ1) is 14.4. The van der Waals surface area contributed by atoms with Crippen molar-refractivity contribution in [3.63, 3.8) is 0 Å². The van der Waals surface area contributed by atoms with E-state index in [1.807, 2.05) is 0 Å². The van der Waals surface area contributed by atoms with Crippen molar-refractivity contribution in [2.24, 2.45) is 4.99 Å². The maximum Gasteiger partial charge on any atom is 0.285 e. The van der Waals surface area contributed by atoms with Crippen molar-refractivity contribution in [2.45, 2.75) is 76.3 Å². The average molecular weight is 264 g/mol. The fourth-order valence-electron chi connectivity index (χ4n) is 3.05. The maximum absolute atomic E-state index is 5.72. The molecule has 19 heavy (non-hydrogen) atoms. The minimum atomic E-state index is 0.463. The summed E-state index contributed by atoms with van der Waals surface area (Å²) in [5.41, 5.74) is 0. The van der Waals surface area contributed by atoms with Crippen molar-refractivity contribution in [3.8, 4) is 0 Å². The van der Waals surface area contributed by atoms with Gasteiger partial charge in [0.05, 0.1) is 6.04 Å². The first-order valence-electron chi connectivity index (χ1n) is 7.96. The lowest BCUT2D eigenvalue weighted by Crippen LogP contribution is -2.38. The molecule has 0 bridgehead atoms. The van der Waals surface area contributed by atoms with Crippen molar-refractivity contribution >= 4 is 6.02 Å². The number of nitrogens with zero attached hydrogens (tertiary/aromatic N) is 1. The predicted molar refractivity (Wildman–Crippen MR) is 80.5 cm³/mol. The van der Waals surface area contributed by atoms with Crippen LogP contribution in [-0.4, -0.2) is 24.7 Å². The van der Waals surface area contributed by atoms with Crippen LogP contribution in [0.2, 0.25) is 0 Å². The van der Waals surface area contributed by atoms with E-state index in [1.54, 1.807) is 6.08 Å². The molecule has 108 valence electrons. The van der Waals surface area contributed by atoms with Crippen LogP contribution in [0.3, 0.4) is 0 Å². The molecule has 0 saturated heterocycles. The molecular formula is C16H28N2O. The molecule has 0 heterocycles. The Kier molecular flexibility index (Phi) is 6.25. The van der Waals surface area contributed by atoms with Gasteiger partial charge in [0.1, 0.15) is 6.61 Å². The lowest BCUT2D eigenvalue weighted by molar-refractivity contribution is 0.301. The molecule has 3 nitrogen and oxygen atoms in total. The largest absolute Gasteiger partial charge is 0.461 e. The van der Waals surface area contributed by atoms with Crippen molar-refractivity contribution in [3.05, 3.63) is 12.7 Å². The SMILES string of the molecule is C=CCO/C(=N\C1CCCCC1)NC1CCCCC1. The predicted octanol–water partition coefficient (Wildman–Crippen LogP) is 3.80. The van der Waals surface area contributed by atoms with E-state index in [4.69, 9.17) is 9.73 Å². The monoisotopic (exact) mass is 264 g/mol. The van der Waals surface area contributed by atoms with E-state index in [0.717, 1.165) is 6.02 Å². The molecule has 0 aliphatic heterocycles. The van der Waals surface area contributed by atoms with Crippen LogP contribution < -0.4 is 5.32 Å². The van der Waals surface area contributed by atoms with Gasteiger partial charge in [0.25, 0.3) is 6.02 Å². The molecule has 0 amide bonds. The van der Waals surface area contributed by atoms with Crippen LogP contribution in [0.5, 0.6) is 0 Å². The Morgan fingerprint density at radius 1 is 1.05 bits per heavy atom. The summed E-state index contributed by atoms with van der Waals surface area (Å²) < 4.78 is 5.72. The molecule has 0 spiro atoms. The van der Waals surface area contributed by atoms with Crippen molar-refractivity contribution in [1.82, 2.24) is 5.32 Å². The second-order valence-electron chi connectivity index (χ2n) is 5.81. The topological polar surface area (TPSA) is 33.6 Å². The van der Waals surface area contributed by atoms with Gasteiger partial charge in [-0.1, -0.05) is 51.2 Å². The fraction of sp³-hybridized carbons (Fsp3) is 0.812. The summed E-state index contributed by atoms with van der Waals surface area (Å²) in [5.74, 6) is 0. The van der Waals surface area contributed by atoms with E-state index >= 15 is 0 Å². The molecule has 2 aliphatic rings. The molecule has 2 rings (SSSR count). The van der Waals surface area contributed by atoms with Crippen LogP contribution in [0.25, 0.3) is 0 Å². The Morgan fingerprint density at radius 3 is 2.32 bits per heavy atom. The quantitative estimate of drug-likeness (QED) is 0.476. The second-order valence-corrected chi connectivity index (χ2v) is 5.81. The second kappa shape index (κ2) is 8.23. The fourth-order valence-corrected chi connectivity index (χ4v) is 3.05. The molecule has 1 N–H and O–H groups in total. The number of aliphatic imine (C=N–C) groups is 1. The van der Waals surface area contributed by atoms with Crippen LogP contribution in [0.1, 0.15) is 64.2 Å². The first-order valence-corrected chi connectivity index (χ1v) is 7.96. The van der Waals surface area contributed by atoms with Crippen molar-refractivity contribution in [1.29, 1.82) is 0 Å². The Balaban J connectivity index is 1.88. The smallest absolute Gasteiger partial charge is 0.285 e. The summed E-state index contributed by atoms with van der Waals surface area (Å²) in [4.78, 5) is 4.80. The third-order valence-electron chi connectivity index (χ3n) is 4.15. The minimum Gasteiger partial charge on any atom is -0.461 e. The molecule has 2 aliphatic carbocycles. The summed E-state index contributed by atoms with van der Waals surface area (Å²) in [6, 6.07) is 1.78. The van der Waals surface area contributed by atoms with Crippen LogP contribution in [0.15, 0.2) is 17.6 Å². The number of ether oxygens (including phenoxy) is 1. The highest BCUT2D eigenvalue weighted by atomic mass is 16.5.